The zero-order chi connectivity index (χ0) is 14.7. The molecule has 0 saturated carbocycles. The summed E-state index contributed by atoms with van der Waals surface area (Å²) in [5.74, 6) is 2.53. The van der Waals surface area contributed by atoms with E-state index in [2.05, 4.69) is 69.2 Å². The van der Waals surface area contributed by atoms with Crippen LogP contribution in [-0.4, -0.2) is 6.54 Å². The van der Waals surface area contributed by atoms with E-state index in [0.29, 0.717) is 0 Å². The molecule has 1 aliphatic rings. The molecule has 0 fully saturated rings. The lowest BCUT2D eigenvalue weighted by Crippen LogP contribution is -2.12. The Morgan fingerprint density at radius 3 is 2.90 bits per heavy atom. The van der Waals surface area contributed by atoms with Crippen molar-refractivity contribution in [1.82, 2.24) is 0 Å². The third kappa shape index (κ3) is 2.72. The van der Waals surface area contributed by atoms with Crippen molar-refractivity contribution in [3.8, 4) is 12.3 Å². The lowest BCUT2D eigenvalue weighted by Gasteiger charge is -2.18. The number of hydrogen-bond acceptors (Lipinski definition) is 1. The van der Waals surface area contributed by atoms with Crippen molar-refractivity contribution < 1.29 is 0 Å². The fourth-order valence-electron chi connectivity index (χ4n) is 2.47. The largest absolute Gasteiger partial charge is 0.336 e. The third-order valence-electron chi connectivity index (χ3n) is 3.36. The van der Waals surface area contributed by atoms with Gasteiger partial charge < -0.3 is 4.90 Å². The molecule has 0 unspecified atom stereocenters. The lowest BCUT2D eigenvalue weighted by molar-refractivity contribution is 1.16. The van der Waals surface area contributed by atoms with E-state index in [4.69, 9.17) is 6.42 Å². The van der Waals surface area contributed by atoms with Gasteiger partial charge in [0.1, 0.15) is 0 Å². The molecule has 2 heteroatoms. The number of terminal acetylenes is 1. The highest BCUT2D eigenvalue weighted by molar-refractivity contribution is 9.11. The second-order valence-corrected chi connectivity index (χ2v) is 5.58. The first kappa shape index (κ1) is 13.6. The molecule has 2 aromatic carbocycles. The van der Waals surface area contributed by atoms with Crippen molar-refractivity contribution in [2.24, 2.45) is 0 Å². The van der Waals surface area contributed by atoms with Crippen LogP contribution in [0.2, 0.25) is 0 Å². The summed E-state index contributed by atoms with van der Waals surface area (Å²) in [5, 5.41) is 0. The number of halogens is 1. The van der Waals surface area contributed by atoms with Crippen molar-refractivity contribution in [3.05, 3.63) is 76.8 Å². The first-order valence-electron chi connectivity index (χ1n) is 6.56. The van der Waals surface area contributed by atoms with Crippen LogP contribution in [0.15, 0.2) is 59.1 Å². The number of nitrogens with zero attached hydrogens (tertiary/aromatic N) is 1. The second-order valence-electron chi connectivity index (χ2n) is 4.66. The van der Waals surface area contributed by atoms with Crippen molar-refractivity contribution >= 4 is 32.9 Å². The molecule has 0 aliphatic carbocycles. The Morgan fingerprint density at radius 2 is 2.14 bits per heavy atom. The second kappa shape index (κ2) is 5.92. The van der Waals surface area contributed by atoms with E-state index in [1.54, 1.807) is 6.08 Å². The molecule has 21 heavy (non-hydrogen) atoms. The van der Waals surface area contributed by atoms with Crippen LogP contribution in [0.1, 0.15) is 5.56 Å². The number of hydrogen-bond donors (Lipinski definition) is 0. The van der Waals surface area contributed by atoms with Crippen LogP contribution < -0.4 is 4.90 Å². The standard InChI is InChI=1S/C19H12BrN/c1-2-8-16(20)13-15-14-21(17-9-4-3-5-10-17)19-12-7-6-11-18(15)19/h1,4,6-13H,14H2/b15-13+,16-8+. The summed E-state index contributed by atoms with van der Waals surface area (Å²) in [5.41, 5.74) is 4.77. The zero-order valence-electron chi connectivity index (χ0n) is 11.3. The average molecular weight is 334 g/mol. The predicted octanol–water partition coefficient (Wildman–Crippen LogP) is 4.73. The first-order valence-corrected chi connectivity index (χ1v) is 7.36. The zero-order valence-corrected chi connectivity index (χ0v) is 12.9. The summed E-state index contributed by atoms with van der Waals surface area (Å²) in [4.78, 5) is 2.27. The maximum Gasteiger partial charge on any atom is 0.0505 e. The Kier molecular flexibility index (Phi) is 3.82. The summed E-state index contributed by atoms with van der Waals surface area (Å²) >= 11 is 3.49. The van der Waals surface area contributed by atoms with Gasteiger partial charge in [0.25, 0.3) is 0 Å². The lowest BCUT2D eigenvalue weighted by atomic mass is 10.1. The molecule has 0 saturated heterocycles. The average Bonchev–Trinajstić information content (AvgIpc) is 2.87. The highest BCUT2D eigenvalue weighted by Crippen LogP contribution is 2.40. The minimum atomic E-state index is 0.810. The summed E-state index contributed by atoms with van der Waals surface area (Å²) in [6.45, 7) is 0.810. The van der Waals surface area contributed by atoms with Gasteiger partial charge in [-0.25, -0.2) is 0 Å². The molecule has 1 heterocycles. The Labute approximate surface area is 133 Å². The Bertz CT molecular complexity index is 751. The Balaban J connectivity index is 2.06. The predicted molar refractivity (Wildman–Crippen MR) is 91.4 cm³/mol. The van der Waals surface area contributed by atoms with E-state index in [9.17, 15) is 0 Å². The van der Waals surface area contributed by atoms with E-state index in [1.165, 1.54) is 16.8 Å². The SMILES string of the molecule is C#C/C=C(Br)\C=C1/CN(c2cc#ccc2)c2ccccc21. The van der Waals surface area contributed by atoms with Crippen molar-refractivity contribution in [2.45, 2.75) is 0 Å². The van der Waals surface area contributed by atoms with E-state index >= 15 is 0 Å². The van der Waals surface area contributed by atoms with E-state index in [1.807, 2.05) is 18.2 Å². The van der Waals surface area contributed by atoms with Crippen LogP contribution in [0.3, 0.4) is 0 Å². The van der Waals surface area contributed by atoms with Crippen LogP contribution in [-0.2, 0) is 0 Å². The number of allylic oxidation sites excluding steroid dienone is 3. The minimum Gasteiger partial charge on any atom is -0.336 e. The van der Waals surface area contributed by atoms with Gasteiger partial charge in [-0.05, 0) is 29.8 Å². The molecule has 0 atom stereocenters. The van der Waals surface area contributed by atoms with Gasteiger partial charge >= 0.3 is 0 Å². The van der Waals surface area contributed by atoms with E-state index < -0.39 is 0 Å². The van der Waals surface area contributed by atoms with Gasteiger partial charge in [0.05, 0.1) is 5.69 Å². The molecule has 0 aromatic heterocycles. The molecular weight excluding hydrogens is 322 g/mol. The summed E-state index contributed by atoms with van der Waals surface area (Å²) < 4.78 is 0.907. The number of rotatable bonds is 2. The van der Waals surface area contributed by atoms with Crippen LogP contribution in [0.25, 0.3) is 5.57 Å². The van der Waals surface area contributed by atoms with Gasteiger partial charge in [-0.3, -0.25) is 0 Å². The topological polar surface area (TPSA) is 3.24 Å². The molecule has 0 bridgehead atoms. The number of benzene rings is 1. The normalized spacial score (nSPS) is 15.5. The number of fused-ring (bicyclic) bond motifs is 1. The molecule has 0 radical (unpaired) electrons. The first-order chi connectivity index (χ1) is 10.3. The minimum absolute atomic E-state index is 0.810. The van der Waals surface area contributed by atoms with Crippen LogP contribution >= 0.6 is 15.9 Å². The van der Waals surface area contributed by atoms with Gasteiger partial charge in [-0.15, -0.1) is 6.42 Å². The van der Waals surface area contributed by atoms with E-state index in [0.717, 1.165) is 16.7 Å². The summed E-state index contributed by atoms with van der Waals surface area (Å²) in [7, 11) is 0. The van der Waals surface area contributed by atoms with Gasteiger partial charge in [-0.1, -0.05) is 52.2 Å². The number of anilines is 2. The quantitative estimate of drug-likeness (QED) is 0.718. The summed E-state index contributed by atoms with van der Waals surface area (Å²) in [6, 6.07) is 20.2. The molecule has 0 amide bonds. The highest BCUT2D eigenvalue weighted by atomic mass is 79.9. The van der Waals surface area contributed by atoms with Crippen LogP contribution in [0, 0.1) is 24.5 Å². The molecule has 0 spiro atoms. The van der Waals surface area contributed by atoms with Crippen molar-refractivity contribution in [1.29, 1.82) is 0 Å². The monoisotopic (exact) mass is 333 g/mol. The van der Waals surface area contributed by atoms with E-state index in [-0.39, 0.29) is 0 Å². The smallest absolute Gasteiger partial charge is 0.0505 e. The van der Waals surface area contributed by atoms with Crippen LogP contribution in [0.4, 0.5) is 11.4 Å². The van der Waals surface area contributed by atoms with Gasteiger partial charge in [0.2, 0.25) is 0 Å². The van der Waals surface area contributed by atoms with Gasteiger partial charge in [0.15, 0.2) is 0 Å². The number of para-hydroxylation sites is 1. The molecule has 1 nitrogen and oxygen atoms in total. The Morgan fingerprint density at radius 1 is 1.29 bits per heavy atom. The third-order valence-corrected chi connectivity index (χ3v) is 3.81. The Hall–Kier alpha value is -2.42. The highest BCUT2D eigenvalue weighted by Gasteiger charge is 2.24. The van der Waals surface area contributed by atoms with Gasteiger partial charge in [-0.2, -0.15) is 0 Å². The molecule has 100 valence electrons. The fourth-order valence-corrected chi connectivity index (χ4v) is 2.88. The maximum atomic E-state index is 5.31. The molecule has 0 N–H and O–H groups in total. The molecule has 3 rings (SSSR count). The molecule has 2 aromatic rings. The maximum absolute atomic E-state index is 5.31. The molecule has 1 aliphatic heterocycles. The van der Waals surface area contributed by atoms with Gasteiger partial charge in [0, 0.05) is 34.4 Å². The van der Waals surface area contributed by atoms with Crippen molar-refractivity contribution in [2.75, 3.05) is 11.4 Å². The molecular formula is C19H12BrN. The summed E-state index contributed by atoms with van der Waals surface area (Å²) in [6.07, 6.45) is 9.11. The van der Waals surface area contributed by atoms with Crippen molar-refractivity contribution in [3.63, 3.8) is 0 Å². The van der Waals surface area contributed by atoms with Crippen LogP contribution in [0.5, 0.6) is 0 Å². The fraction of sp³-hybridized carbons (Fsp3) is 0.0526.